The summed E-state index contributed by atoms with van der Waals surface area (Å²) in [5, 5.41) is 2.67. The molecule has 1 N–H and O–H groups in total. The van der Waals surface area contributed by atoms with E-state index in [9.17, 15) is 31.1 Å². The van der Waals surface area contributed by atoms with Crippen LogP contribution in [-0.2, 0) is 4.79 Å². The van der Waals surface area contributed by atoms with Crippen LogP contribution in [0.25, 0.3) is 0 Å². The van der Waals surface area contributed by atoms with Gasteiger partial charge in [-0.05, 0) is 55.1 Å². The summed E-state index contributed by atoms with van der Waals surface area (Å²) in [5.74, 6) is 1.76. The van der Waals surface area contributed by atoms with Gasteiger partial charge in [0.1, 0.15) is 11.5 Å². The van der Waals surface area contributed by atoms with Crippen LogP contribution in [0.2, 0.25) is 0 Å². The first kappa shape index (κ1) is 27.6. The van der Waals surface area contributed by atoms with Crippen molar-refractivity contribution in [2.45, 2.75) is 71.8 Å². The van der Waals surface area contributed by atoms with Crippen LogP contribution in [0.3, 0.4) is 0 Å². The number of allylic oxidation sites excluding steroid dienone is 2. The summed E-state index contributed by atoms with van der Waals surface area (Å²) in [6, 6.07) is 0.241. The second kappa shape index (κ2) is 10.2. The van der Waals surface area contributed by atoms with Gasteiger partial charge >= 0.3 is 12.4 Å². The summed E-state index contributed by atoms with van der Waals surface area (Å²) < 4.78 is 79.5. The molecule has 0 bridgehead atoms. The van der Waals surface area contributed by atoms with E-state index in [4.69, 9.17) is 0 Å². The highest BCUT2D eigenvalue weighted by molar-refractivity contribution is 5.83. The quantitative estimate of drug-likeness (QED) is 0.374. The lowest BCUT2D eigenvalue weighted by molar-refractivity contribution is -0.146. The molecule has 0 aromatic carbocycles. The number of carbonyl (C=O) groups excluding carboxylic acids is 1. The SMILES string of the molecule is CC1CC(C)CN(C2CCC(C(=O)NCC3=CC(C(F)(F)F)C#CC(C(F)(F)F)=C3)(C(C)C)C2)C1. The van der Waals surface area contributed by atoms with Crippen LogP contribution in [0.4, 0.5) is 26.3 Å². The molecule has 2 fully saturated rings. The van der Waals surface area contributed by atoms with E-state index in [-0.39, 0.29) is 23.4 Å². The Morgan fingerprint density at radius 3 is 2.34 bits per heavy atom. The van der Waals surface area contributed by atoms with E-state index in [0.29, 0.717) is 36.8 Å². The smallest absolute Gasteiger partial charge is 0.352 e. The molecule has 1 amide bonds. The third-order valence-electron chi connectivity index (χ3n) is 7.68. The van der Waals surface area contributed by atoms with Crippen molar-refractivity contribution in [1.82, 2.24) is 10.2 Å². The number of hydrogen-bond acceptors (Lipinski definition) is 2. The van der Waals surface area contributed by atoms with Gasteiger partial charge in [0, 0.05) is 25.7 Å². The second-order valence-electron chi connectivity index (χ2n) is 10.9. The van der Waals surface area contributed by atoms with Crippen molar-refractivity contribution in [3.05, 3.63) is 23.3 Å². The molecular formula is C26H34F6N2O. The standard InChI is InChI=1S/C26H34F6N2O/c1-16(2)24(8-7-22(12-24)34-14-17(3)9-18(4)15-34)23(35)33-13-19-10-20(25(27,28)29)5-6-21(11-19)26(30,31)32/h10-11,16-18,20,22H,7-9,12-15H2,1-4H3,(H,33,35). The van der Waals surface area contributed by atoms with E-state index in [2.05, 4.69) is 24.1 Å². The Kier molecular flexibility index (Phi) is 8.05. The average Bonchev–Trinajstić information content (AvgIpc) is 3.05. The molecule has 196 valence electrons. The number of nitrogens with zero attached hydrogens (tertiary/aromatic N) is 1. The van der Waals surface area contributed by atoms with Gasteiger partial charge in [-0.15, -0.1) is 0 Å². The maximum Gasteiger partial charge on any atom is 0.424 e. The number of alkyl halides is 6. The fourth-order valence-electron chi connectivity index (χ4n) is 5.84. The van der Waals surface area contributed by atoms with Crippen molar-refractivity contribution >= 4 is 5.91 Å². The van der Waals surface area contributed by atoms with Crippen LogP contribution >= 0.6 is 0 Å². The number of hydrogen-bond donors (Lipinski definition) is 1. The number of likely N-dealkylation sites (tertiary alicyclic amines) is 1. The van der Waals surface area contributed by atoms with Crippen LogP contribution in [0, 0.1) is 40.9 Å². The van der Waals surface area contributed by atoms with Crippen molar-refractivity contribution in [2.75, 3.05) is 19.6 Å². The Balaban J connectivity index is 1.76. The largest absolute Gasteiger partial charge is 0.424 e. The van der Waals surface area contributed by atoms with Gasteiger partial charge in [-0.1, -0.05) is 45.6 Å². The number of rotatable bonds is 5. The third kappa shape index (κ3) is 6.44. The first-order chi connectivity index (χ1) is 16.1. The zero-order valence-electron chi connectivity index (χ0n) is 20.6. The van der Waals surface area contributed by atoms with Gasteiger partial charge in [-0.2, -0.15) is 26.3 Å². The van der Waals surface area contributed by atoms with Gasteiger partial charge in [-0.3, -0.25) is 9.69 Å². The van der Waals surface area contributed by atoms with Crippen molar-refractivity contribution in [2.24, 2.45) is 29.1 Å². The molecule has 9 heteroatoms. The Morgan fingerprint density at radius 1 is 1.17 bits per heavy atom. The highest BCUT2D eigenvalue weighted by Gasteiger charge is 2.49. The first-order valence-electron chi connectivity index (χ1n) is 12.2. The molecule has 5 atom stereocenters. The lowest BCUT2D eigenvalue weighted by Gasteiger charge is -2.40. The van der Waals surface area contributed by atoms with E-state index in [1.807, 2.05) is 13.8 Å². The van der Waals surface area contributed by atoms with Gasteiger partial charge in [0.15, 0.2) is 0 Å². The fourth-order valence-corrected chi connectivity index (χ4v) is 5.84. The summed E-state index contributed by atoms with van der Waals surface area (Å²) in [6.07, 6.45) is -5.13. The van der Waals surface area contributed by atoms with Crippen LogP contribution in [-0.4, -0.2) is 48.8 Å². The molecule has 0 radical (unpaired) electrons. The van der Waals surface area contributed by atoms with Crippen LogP contribution in [0.15, 0.2) is 23.3 Å². The van der Waals surface area contributed by atoms with Crippen molar-refractivity contribution in [3.8, 4) is 11.8 Å². The van der Waals surface area contributed by atoms with Crippen LogP contribution in [0.1, 0.15) is 53.4 Å². The number of piperidine rings is 1. The van der Waals surface area contributed by atoms with Gasteiger partial charge in [0.25, 0.3) is 0 Å². The molecular weight excluding hydrogens is 470 g/mol. The summed E-state index contributed by atoms with van der Waals surface area (Å²) in [5.41, 5.74) is -2.33. The summed E-state index contributed by atoms with van der Waals surface area (Å²) in [4.78, 5) is 15.9. The Labute approximate surface area is 203 Å². The van der Waals surface area contributed by atoms with E-state index in [1.165, 1.54) is 6.42 Å². The highest BCUT2D eigenvalue weighted by Crippen LogP contribution is 2.47. The monoisotopic (exact) mass is 504 g/mol. The molecule has 35 heavy (non-hydrogen) atoms. The van der Waals surface area contributed by atoms with Gasteiger partial charge in [-0.25, -0.2) is 0 Å². The van der Waals surface area contributed by atoms with Crippen LogP contribution in [0.5, 0.6) is 0 Å². The van der Waals surface area contributed by atoms with Crippen molar-refractivity contribution in [1.29, 1.82) is 0 Å². The van der Waals surface area contributed by atoms with Gasteiger partial charge in [0.2, 0.25) is 5.91 Å². The topological polar surface area (TPSA) is 32.3 Å². The minimum Gasteiger partial charge on any atom is -0.352 e. The number of amides is 1. The zero-order valence-corrected chi connectivity index (χ0v) is 20.6. The van der Waals surface area contributed by atoms with E-state index in [0.717, 1.165) is 19.5 Å². The molecule has 0 aromatic rings. The highest BCUT2D eigenvalue weighted by atomic mass is 19.4. The van der Waals surface area contributed by atoms with E-state index < -0.39 is 35.8 Å². The molecule has 3 rings (SSSR count). The van der Waals surface area contributed by atoms with Crippen molar-refractivity contribution in [3.63, 3.8) is 0 Å². The minimum absolute atomic E-state index is 0.0252. The lowest BCUT2D eigenvalue weighted by atomic mass is 9.74. The lowest BCUT2D eigenvalue weighted by Crippen LogP contribution is -2.47. The van der Waals surface area contributed by atoms with E-state index in [1.54, 1.807) is 11.8 Å². The zero-order chi connectivity index (χ0) is 26.2. The molecule has 5 unspecified atom stereocenters. The molecule has 1 aliphatic heterocycles. The van der Waals surface area contributed by atoms with Gasteiger partial charge in [0.05, 0.1) is 5.41 Å². The molecule has 1 heterocycles. The third-order valence-corrected chi connectivity index (χ3v) is 7.68. The average molecular weight is 505 g/mol. The Bertz CT molecular complexity index is 913. The molecule has 0 aromatic heterocycles. The maximum absolute atomic E-state index is 13.4. The predicted molar refractivity (Wildman–Crippen MR) is 122 cm³/mol. The van der Waals surface area contributed by atoms with E-state index >= 15 is 0 Å². The fraction of sp³-hybridized carbons (Fsp3) is 0.731. The molecule has 2 aliphatic carbocycles. The van der Waals surface area contributed by atoms with Gasteiger partial charge < -0.3 is 5.32 Å². The Hall–Kier alpha value is -1.95. The van der Waals surface area contributed by atoms with Crippen molar-refractivity contribution < 1.29 is 31.1 Å². The first-order valence-corrected chi connectivity index (χ1v) is 12.2. The molecule has 3 aliphatic rings. The summed E-state index contributed by atoms with van der Waals surface area (Å²) in [6.45, 7) is 9.86. The number of carbonyl (C=O) groups is 1. The minimum atomic E-state index is -4.88. The Morgan fingerprint density at radius 2 is 1.80 bits per heavy atom. The molecule has 0 spiro atoms. The molecule has 1 saturated heterocycles. The van der Waals surface area contributed by atoms with Crippen LogP contribution < -0.4 is 5.32 Å². The molecule has 1 saturated carbocycles. The number of nitrogens with one attached hydrogen (secondary N) is 1. The molecule has 3 nitrogen and oxygen atoms in total. The predicted octanol–water partition coefficient (Wildman–Crippen LogP) is 5.89. The second-order valence-corrected chi connectivity index (χ2v) is 10.9. The maximum atomic E-state index is 13.4. The summed E-state index contributed by atoms with van der Waals surface area (Å²) >= 11 is 0. The normalized spacial score (nSPS) is 32.4. The number of halogens is 6. The summed E-state index contributed by atoms with van der Waals surface area (Å²) in [7, 11) is 0.